The van der Waals surface area contributed by atoms with Crippen LogP contribution in [0.15, 0.2) is 66.7 Å². The van der Waals surface area contributed by atoms with Gasteiger partial charge in [-0.1, -0.05) is 54.6 Å². The van der Waals surface area contributed by atoms with Crippen LogP contribution in [0, 0.1) is 5.82 Å². The van der Waals surface area contributed by atoms with Crippen molar-refractivity contribution in [1.82, 2.24) is 0 Å². The highest BCUT2D eigenvalue weighted by Gasteiger charge is 2.19. The van der Waals surface area contributed by atoms with Crippen LogP contribution in [0.5, 0.6) is 0 Å². The Morgan fingerprint density at radius 2 is 1.76 bits per heavy atom. The predicted octanol–water partition coefficient (Wildman–Crippen LogP) is 4.84. The van der Waals surface area contributed by atoms with E-state index in [4.69, 9.17) is 4.74 Å². The molecule has 1 aliphatic heterocycles. The average molecular weight is 282 g/mol. The molecular formula is C19H19FO. The van der Waals surface area contributed by atoms with Gasteiger partial charge in [0.25, 0.3) is 0 Å². The van der Waals surface area contributed by atoms with Crippen LogP contribution in [0.3, 0.4) is 0 Å². The van der Waals surface area contributed by atoms with E-state index in [1.165, 1.54) is 17.7 Å². The molecule has 21 heavy (non-hydrogen) atoms. The number of benzene rings is 2. The summed E-state index contributed by atoms with van der Waals surface area (Å²) in [6.45, 7) is 0. The molecule has 0 N–H and O–H groups in total. The van der Waals surface area contributed by atoms with Gasteiger partial charge in [-0.2, -0.15) is 0 Å². The summed E-state index contributed by atoms with van der Waals surface area (Å²) in [5.74, 6) is -0.209. The Kier molecular flexibility index (Phi) is 4.46. The average Bonchev–Trinajstić information content (AvgIpc) is 2.55. The first-order chi connectivity index (χ1) is 10.3. The molecule has 1 aliphatic rings. The van der Waals surface area contributed by atoms with Crippen LogP contribution in [0.1, 0.15) is 30.1 Å². The van der Waals surface area contributed by atoms with E-state index in [1.54, 1.807) is 12.1 Å². The summed E-state index contributed by atoms with van der Waals surface area (Å²) < 4.78 is 19.1. The zero-order chi connectivity index (χ0) is 14.5. The molecule has 0 saturated carbocycles. The van der Waals surface area contributed by atoms with Crippen LogP contribution in [-0.2, 0) is 11.2 Å². The van der Waals surface area contributed by atoms with E-state index >= 15 is 0 Å². The third kappa shape index (κ3) is 3.79. The molecule has 1 nitrogen and oxygen atoms in total. The van der Waals surface area contributed by atoms with Crippen LogP contribution < -0.4 is 0 Å². The Balaban J connectivity index is 1.59. The van der Waals surface area contributed by atoms with Crippen molar-refractivity contribution in [3.8, 4) is 0 Å². The Hall–Kier alpha value is -1.93. The lowest BCUT2D eigenvalue weighted by molar-refractivity contribution is 0.000712. The third-order valence-electron chi connectivity index (χ3n) is 3.85. The summed E-state index contributed by atoms with van der Waals surface area (Å²) in [6, 6.07) is 17.0. The second kappa shape index (κ2) is 6.68. The van der Waals surface area contributed by atoms with E-state index in [-0.39, 0.29) is 18.0 Å². The Morgan fingerprint density at radius 1 is 1.00 bits per heavy atom. The molecule has 0 bridgehead atoms. The number of halogens is 1. The largest absolute Gasteiger partial charge is 0.366 e. The van der Waals surface area contributed by atoms with Gasteiger partial charge in [0.2, 0.25) is 0 Å². The smallest absolute Gasteiger partial charge is 0.123 e. The first-order valence-corrected chi connectivity index (χ1v) is 7.43. The summed E-state index contributed by atoms with van der Waals surface area (Å²) in [4.78, 5) is 0. The molecule has 2 atom stereocenters. The van der Waals surface area contributed by atoms with Gasteiger partial charge in [0.1, 0.15) is 11.9 Å². The normalized spacial score (nSPS) is 21.4. The fourth-order valence-electron chi connectivity index (χ4n) is 2.66. The molecule has 3 rings (SSSR count). The van der Waals surface area contributed by atoms with Crippen LogP contribution in [0.4, 0.5) is 4.39 Å². The molecule has 0 aliphatic carbocycles. The molecule has 0 fully saturated rings. The van der Waals surface area contributed by atoms with Crippen molar-refractivity contribution in [2.75, 3.05) is 0 Å². The van der Waals surface area contributed by atoms with Gasteiger partial charge in [0.05, 0.1) is 6.10 Å². The fourth-order valence-corrected chi connectivity index (χ4v) is 2.66. The summed E-state index contributed by atoms with van der Waals surface area (Å²) >= 11 is 0. The standard InChI is InChI=1S/C19H19FO/c20-17-12-10-16(11-13-17)19-8-4-7-18(21-19)14-9-15-5-2-1-3-6-15/h1-6,8,10-13,18-19H,7,9,14H2/t18-,19+/m0/s1. The van der Waals surface area contributed by atoms with E-state index < -0.39 is 0 Å². The zero-order valence-corrected chi connectivity index (χ0v) is 11.9. The van der Waals surface area contributed by atoms with E-state index in [0.717, 1.165) is 24.8 Å². The van der Waals surface area contributed by atoms with Gasteiger partial charge in [0.15, 0.2) is 0 Å². The molecule has 0 aromatic heterocycles. The summed E-state index contributed by atoms with van der Waals surface area (Å²) in [6.07, 6.45) is 7.39. The molecule has 108 valence electrons. The highest BCUT2D eigenvalue weighted by Crippen LogP contribution is 2.28. The van der Waals surface area contributed by atoms with Gasteiger partial charge in [0, 0.05) is 0 Å². The molecule has 2 heteroatoms. The monoisotopic (exact) mass is 282 g/mol. The fraction of sp³-hybridized carbons (Fsp3) is 0.263. The zero-order valence-electron chi connectivity index (χ0n) is 11.9. The van der Waals surface area contributed by atoms with Gasteiger partial charge >= 0.3 is 0 Å². The van der Waals surface area contributed by atoms with Crippen LogP contribution in [-0.4, -0.2) is 6.10 Å². The van der Waals surface area contributed by atoms with E-state index in [9.17, 15) is 4.39 Å². The number of rotatable bonds is 4. The number of ether oxygens (including phenoxy) is 1. The maximum Gasteiger partial charge on any atom is 0.123 e. The van der Waals surface area contributed by atoms with Crippen molar-refractivity contribution in [3.05, 3.63) is 83.7 Å². The first-order valence-electron chi connectivity index (χ1n) is 7.43. The minimum absolute atomic E-state index is 0.0554. The molecule has 2 aromatic rings. The Morgan fingerprint density at radius 3 is 2.52 bits per heavy atom. The van der Waals surface area contributed by atoms with Gasteiger partial charge < -0.3 is 4.74 Å². The molecule has 0 unspecified atom stereocenters. The Bertz CT molecular complexity index is 589. The maximum absolute atomic E-state index is 13.0. The SMILES string of the molecule is Fc1ccc([C@H]2C=CC[C@@H](CCc3ccccc3)O2)cc1. The van der Waals surface area contributed by atoms with E-state index in [1.807, 2.05) is 6.07 Å². The highest BCUT2D eigenvalue weighted by atomic mass is 19.1. The van der Waals surface area contributed by atoms with Gasteiger partial charge in [-0.3, -0.25) is 0 Å². The van der Waals surface area contributed by atoms with Crippen molar-refractivity contribution in [2.45, 2.75) is 31.5 Å². The van der Waals surface area contributed by atoms with Gasteiger partial charge in [-0.25, -0.2) is 4.39 Å². The summed E-state index contributed by atoms with van der Waals surface area (Å²) in [7, 11) is 0. The van der Waals surface area contributed by atoms with Gasteiger partial charge in [-0.15, -0.1) is 0 Å². The minimum atomic E-state index is -0.209. The third-order valence-corrected chi connectivity index (χ3v) is 3.85. The molecule has 0 spiro atoms. The van der Waals surface area contributed by atoms with Crippen LogP contribution in [0.25, 0.3) is 0 Å². The van der Waals surface area contributed by atoms with Crippen molar-refractivity contribution < 1.29 is 9.13 Å². The van der Waals surface area contributed by atoms with Crippen molar-refractivity contribution in [1.29, 1.82) is 0 Å². The Labute approximate surface area is 125 Å². The van der Waals surface area contributed by atoms with E-state index in [0.29, 0.717) is 0 Å². The molecular weight excluding hydrogens is 263 g/mol. The minimum Gasteiger partial charge on any atom is -0.366 e. The first kappa shape index (κ1) is 14.0. The topological polar surface area (TPSA) is 9.23 Å². The van der Waals surface area contributed by atoms with Crippen molar-refractivity contribution in [2.24, 2.45) is 0 Å². The highest BCUT2D eigenvalue weighted by molar-refractivity contribution is 5.23. The molecule has 0 saturated heterocycles. The number of aryl methyl sites for hydroxylation is 1. The molecule has 1 heterocycles. The lowest BCUT2D eigenvalue weighted by atomic mass is 10.0. The number of hydrogen-bond donors (Lipinski definition) is 0. The van der Waals surface area contributed by atoms with Crippen LogP contribution in [0.2, 0.25) is 0 Å². The summed E-state index contributed by atoms with van der Waals surface area (Å²) in [5.41, 5.74) is 2.35. The second-order valence-corrected chi connectivity index (χ2v) is 5.42. The lowest BCUT2D eigenvalue weighted by Crippen LogP contribution is -2.19. The maximum atomic E-state index is 13.0. The molecule has 0 amide bonds. The predicted molar refractivity (Wildman–Crippen MR) is 82.5 cm³/mol. The second-order valence-electron chi connectivity index (χ2n) is 5.42. The summed E-state index contributed by atoms with van der Waals surface area (Å²) in [5, 5.41) is 0. The number of hydrogen-bond acceptors (Lipinski definition) is 1. The van der Waals surface area contributed by atoms with Crippen molar-refractivity contribution in [3.63, 3.8) is 0 Å². The molecule has 0 radical (unpaired) electrons. The van der Waals surface area contributed by atoms with Crippen LogP contribution >= 0.6 is 0 Å². The van der Waals surface area contributed by atoms with E-state index in [2.05, 4.69) is 36.4 Å². The van der Waals surface area contributed by atoms with Gasteiger partial charge in [-0.05, 0) is 42.5 Å². The quantitative estimate of drug-likeness (QED) is 0.729. The lowest BCUT2D eigenvalue weighted by Gasteiger charge is -2.26. The molecule has 2 aromatic carbocycles. The van der Waals surface area contributed by atoms with Crippen molar-refractivity contribution >= 4 is 0 Å².